The minimum absolute atomic E-state index is 0.168. The first kappa shape index (κ1) is 14.9. The van der Waals surface area contributed by atoms with Gasteiger partial charge in [-0.1, -0.05) is 19.1 Å². The maximum Gasteiger partial charge on any atom is 0.326 e. The van der Waals surface area contributed by atoms with Gasteiger partial charge in [0.1, 0.15) is 6.04 Å². The fraction of sp³-hybridized carbons (Fsp3) is 0.636. The van der Waals surface area contributed by atoms with Crippen LogP contribution in [0.5, 0.6) is 0 Å². The monoisotopic (exact) mass is 269 g/mol. The van der Waals surface area contributed by atoms with Gasteiger partial charge in [0.2, 0.25) is 0 Å². The van der Waals surface area contributed by atoms with E-state index in [0.717, 1.165) is 0 Å². The molecule has 0 aliphatic heterocycles. The van der Waals surface area contributed by atoms with Crippen molar-refractivity contribution in [1.82, 2.24) is 25.6 Å². The summed E-state index contributed by atoms with van der Waals surface area (Å²) in [6.45, 7) is 4.57. The molecular formula is C11H19N5O3. The number of nitrogens with zero attached hydrogens (tertiary/aromatic N) is 3. The van der Waals surface area contributed by atoms with E-state index in [1.54, 1.807) is 30.9 Å². The van der Waals surface area contributed by atoms with E-state index in [4.69, 9.17) is 5.11 Å². The van der Waals surface area contributed by atoms with E-state index in [2.05, 4.69) is 20.9 Å². The van der Waals surface area contributed by atoms with Crippen LogP contribution >= 0.6 is 0 Å². The smallest absolute Gasteiger partial charge is 0.326 e. The van der Waals surface area contributed by atoms with Crippen LogP contribution in [0.2, 0.25) is 0 Å². The molecule has 106 valence electrons. The number of aliphatic carboxylic acids is 1. The van der Waals surface area contributed by atoms with Crippen LogP contribution in [0.3, 0.4) is 0 Å². The van der Waals surface area contributed by atoms with Gasteiger partial charge in [-0.25, -0.2) is 9.59 Å². The van der Waals surface area contributed by atoms with Crippen molar-refractivity contribution in [2.45, 2.75) is 32.9 Å². The second-order valence-electron chi connectivity index (χ2n) is 4.48. The van der Waals surface area contributed by atoms with Gasteiger partial charge in [0.15, 0.2) is 0 Å². The molecule has 3 N–H and O–H groups in total. The Morgan fingerprint density at radius 3 is 2.68 bits per heavy atom. The number of rotatable bonds is 7. The van der Waals surface area contributed by atoms with E-state index in [9.17, 15) is 9.59 Å². The number of nitrogens with one attached hydrogen (secondary N) is 2. The fourth-order valence-electron chi connectivity index (χ4n) is 1.50. The number of carboxylic acid groups (broad SMARTS) is 1. The van der Waals surface area contributed by atoms with Crippen molar-refractivity contribution in [2.75, 3.05) is 6.54 Å². The average molecular weight is 269 g/mol. The quantitative estimate of drug-likeness (QED) is 0.607. The number of carbonyl (C=O) groups excluding carboxylic acids is 1. The van der Waals surface area contributed by atoms with Gasteiger partial charge >= 0.3 is 12.0 Å². The second-order valence-corrected chi connectivity index (χ2v) is 4.48. The Morgan fingerprint density at radius 1 is 1.42 bits per heavy atom. The molecule has 1 aromatic heterocycles. The van der Waals surface area contributed by atoms with Crippen LogP contribution in [-0.4, -0.2) is 44.7 Å². The normalized spacial score (nSPS) is 12.2. The molecule has 1 heterocycles. The number of urea groups is 1. The van der Waals surface area contributed by atoms with Gasteiger partial charge in [-0.15, -0.1) is 5.10 Å². The van der Waals surface area contributed by atoms with Crippen molar-refractivity contribution in [3.63, 3.8) is 0 Å². The van der Waals surface area contributed by atoms with Crippen LogP contribution in [-0.2, 0) is 11.3 Å². The Bertz CT molecular complexity index is 404. The van der Waals surface area contributed by atoms with Gasteiger partial charge < -0.3 is 15.7 Å². The molecule has 0 saturated carbocycles. The lowest BCUT2D eigenvalue weighted by Crippen LogP contribution is -2.48. The largest absolute Gasteiger partial charge is 0.480 e. The molecule has 0 aliphatic carbocycles. The lowest BCUT2D eigenvalue weighted by Gasteiger charge is -2.18. The molecule has 2 amide bonds. The molecule has 1 aromatic rings. The predicted octanol–water partition coefficient (Wildman–Crippen LogP) is 0.0766. The molecular weight excluding hydrogens is 250 g/mol. The molecule has 0 unspecified atom stereocenters. The van der Waals surface area contributed by atoms with Gasteiger partial charge in [-0.3, -0.25) is 4.68 Å². The summed E-state index contributed by atoms with van der Waals surface area (Å²) in [5.74, 6) is -1.20. The van der Waals surface area contributed by atoms with E-state index >= 15 is 0 Å². The van der Waals surface area contributed by atoms with Crippen molar-refractivity contribution >= 4 is 12.0 Å². The van der Waals surface area contributed by atoms with Gasteiger partial charge in [-0.05, 0) is 12.3 Å². The molecule has 0 spiro atoms. The summed E-state index contributed by atoms with van der Waals surface area (Å²) >= 11 is 0. The molecule has 0 saturated heterocycles. The van der Waals surface area contributed by atoms with Crippen LogP contribution in [0.15, 0.2) is 12.4 Å². The summed E-state index contributed by atoms with van der Waals surface area (Å²) in [6.07, 6.45) is 4.01. The molecule has 1 rings (SSSR count). The van der Waals surface area contributed by atoms with Gasteiger partial charge in [0.05, 0.1) is 6.20 Å². The summed E-state index contributed by atoms with van der Waals surface area (Å²) in [4.78, 5) is 22.4. The summed E-state index contributed by atoms with van der Waals surface area (Å²) in [5.41, 5.74) is 0. The number of hydrogen-bond acceptors (Lipinski definition) is 4. The highest BCUT2D eigenvalue weighted by molar-refractivity contribution is 5.82. The molecule has 0 aliphatic rings. The maximum absolute atomic E-state index is 11.5. The zero-order chi connectivity index (χ0) is 14.3. The topological polar surface area (TPSA) is 109 Å². The van der Waals surface area contributed by atoms with Crippen molar-refractivity contribution in [3.8, 4) is 0 Å². The highest BCUT2D eigenvalue weighted by Crippen LogP contribution is 2.01. The van der Waals surface area contributed by atoms with Crippen LogP contribution in [0.4, 0.5) is 4.79 Å². The van der Waals surface area contributed by atoms with E-state index in [0.29, 0.717) is 19.5 Å². The highest BCUT2D eigenvalue weighted by atomic mass is 16.4. The number of hydrogen-bond donors (Lipinski definition) is 3. The van der Waals surface area contributed by atoms with Crippen LogP contribution in [0.25, 0.3) is 0 Å². The second kappa shape index (κ2) is 7.34. The van der Waals surface area contributed by atoms with Crippen molar-refractivity contribution in [3.05, 3.63) is 12.4 Å². The summed E-state index contributed by atoms with van der Waals surface area (Å²) in [5, 5.41) is 21.4. The fourth-order valence-corrected chi connectivity index (χ4v) is 1.50. The zero-order valence-electron chi connectivity index (χ0n) is 11.0. The Labute approximate surface area is 111 Å². The van der Waals surface area contributed by atoms with Crippen molar-refractivity contribution in [2.24, 2.45) is 5.92 Å². The lowest BCUT2D eigenvalue weighted by atomic mass is 10.1. The van der Waals surface area contributed by atoms with E-state index in [1.165, 1.54) is 0 Å². The van der Waals surface area contributed by atoms with E-state index in [1.807, 2.05) is 0 Å². The molecule has 0 aromatic carbocycles. The zero-order valence-corrected chi connectivity index (χ0v) is 11.0. The Kier molecular flexibility index (Phi) is 5.77. The first-order valence-electron chi connectivity index (χ1n) is 6.12. The third kappa shape index (κ3) is 5.36. The van der Waals surface area contributed by atoms with Crippen molar-refractivity contribution in [1.29, 1.82) is 0 Å². The number of carboxylic acids is 1. The summed E-state index contributed by atoms with van der Waals surface area (Å²) in [7, 11) is 0. The Morgan fingerprint density at radius 2 is 2.16 bits per heavy atom. The molecule has 0 radical (unpaired) electrons. The molecule has 8 heteroatoms. The minimum atomic E-state index is -1.03. The maximum atomic E-state index is 11.5. The van der Waals surface area contributed by atoms with Crippen LogP contribution in [0.1, 0.15) is 20.3 Å². The highest BCUT2D eigenvalue weighted by Gasteiger charge is 2.22. The van der Waals surface area contributed by atoms with Crippen molar-refractivity contribution < 1.29 is 14.7 Å². The summed E-state index contributed by atoms with van der Waals surface area (Å²) < 4.78 is 1.66. The number of aryl methyl sites for hydroxylation is 1. The molecule has 8 nitrogen and oxygen atoms in total. The van der Waals surface area contributed by atoms with Gasteiger partial charge in [-0.2, -0.15) is 0 Å². The molecule has 0 bridgehead atoms. The molecule has 0 fully saturated rings. The van der Waals surface area contributed by atoms with Crippen LogP contribution < -0.4 is 10.6 Å². The summed E-state index contributed by atoms with van der Waals surface area (Å²) in [6, 6.07) is -1.35. The predicted molar refractivity (Wildman–Crippen MR) is 67.4 cm³/mol. The minimum Gasteiger partial charge on any atom is -0.480 e. The van der Waals surface area contributed by atoms with Gasteiger partial charge in [0.25, 0.3) is 0 Å². The van der Waals surface area contributed by atoms with Gasteiger partial charge in [0, 0.05) is 19.3 Å². The lowest BCUT2D eigenvalue weighted by molar-refractivity contribution is -0.140. The Hall–Kier alpha value is -2.12. The molecule has 1 atom stereocenters. The standard InChI is InChI=1S/C11H19N5O3/c1-8(2)9(10(17)18)14-11(19)12-4-3-6-16-7-5-13-15-16/h5,7-9H,3-4,6H2,1-2H3,(H,17,18)(H2,12,14,19)/t9-/m1/s1. The Balaban J connectivity index is 2.21. The first-order valence-corrected chi connectivity index (χ1v) is 6.12. The third-order valence-electron chi connectivity index (χ3n) is 2.54. The average Bonchev–Trinajstić information content (AvgIpc) is 2.84. The number of aromatic nitrogens is 3. The first-order chi connectivity index (χ1) is 9.00. The van der Waals surface area contributed by atoms with E-state index < -0.39 is 18.0 Å². The third-order valence-corrected chi connectivity index (χ3v) is 2.54. The van der Waals surface area contributed by atoms with E-state index in [-0.39, 0.29) is 5.92 Å². The number of carbonyl (C=O) groups is 2. The SMILES string of the molecule is CC(C)[C@@H](NC(=O)NCCCn1ccnn1)C(=O)O. The van der Waals surface area contributed by atoms with Crippen LogP contribution in [0, 0.1) is 5.92 Å². The molecule has 19 heavy (non-hydrogen) atoms. The number of amides is 2.